The number of imidazole rings is 1. The third-order valence-corrected chi connectivity index (χ3v) is 2.69. The van der Waals surface area contributed by atoms with Crippen molar-refractivity contribution in [3.8, 4) is 0 Å². The van der Waals surface area contributed by atoms with Crippen molar-refractivity contribution in [2.45, 2.75) is 39.2 Å². The van der Waals surface area contributed by atoms with Gasteiger partial charge in [-0.1, -0.05) is 19.9 Å². The minimum absolute atomic E-state index is 0.332. The summed E-state index contributed by atoms with van der Waals surface area (Å²) in [5, 5.41) is 10.1. The van der Waals surface area contributed by atoms with Crippen molar-refractivity contribution in [3.05, 3.63) is 35.8 Å². The zero-order valence-corrected chi connectivity index (χ0v) is 10.2. The summed E-state index contributed by atoms with van der Waals surface area (Å²) >= 11 is 0. The van der Waals surface area contributed by atoms with Crippen molar-refractivity contribution in [2.24, 2.45) is 0 Å². The van der Waals surface area contributed by atoms with Gasteiger partial charge >= 0.3 is 0 Å². The largest absolute Gasteiger partial charge is 0.384 e. The highest BCUT2D eigenvalue weighted by Crippen LogP contribution is 2.29. The van der Waals surface area contributed by atoms with Crippen molar-refractivity contribution < 1.29 is 5.11 Å². The number of aliphatic hydroxyl groups is 1. The Hall–Kier alpha value is -1.35. The Morgan fingerprint density at radius 1 is 1.31 bits per heavy atom. The lowest BCUT2D eigenvalue weighted by Crippen LogP contribution is -2.19. The third kappa shape index (κ3) is 1.71. The van der Waals surface area contributed by atoms with Gasteiger partial charge in [0.15, 0.2) is 0 Å². The van der Waals surface area contributed by atoms with Gasteiger partial charge in [0, 0.05) is 6.20 Å². The van der Waals surface area contributed by atoms with Gasteiger partial charge in [-0.25, -0.2) is 4.98 Å². The Kier molecular flexibility index (Phi) is 2.50. The van der Waals surface area contributed by atoms with Crippen molar-refractivity contribution in [3.63, 3.8) is 0 Å². The second kappa shape index (κ2) is 3.59. The standard InChI is InChI=1S/C13H18N2O/c1-9(2)11-12(13(3,4)16)14-10-7-5-6-8-15(10)11/h5-9,16H,1-4H3. The highest BCUT2D eigenvalue weighted by Gasteiger charge is 2.26. The SMILES string of the molecule is CC(C)c1c(C(C)(C)O)nc2ccccn12. The van der Waals surface area contributed by atoms with Crippen LogP contribution in [0, 0.1) is 0 Å². The van der Waals surface area contributed by atoms with E-state index in [1.54, 1.807) is 13.8 Å². The van der Waals surface area contributed by atoms with E-state index in [1.807, 2.05) is 24.4 Å². The Morgan fingerprint density at radius 2 is 2.00 bits per heavy atom. The van der Waals surface area contributed by atoms with Crippen LogP contribution < -0.4 is 0 Å². The van der Waals surface area contributed by atoms with E-state index in [9.17, 15) is 5.11 Å². The van der Waals surface area contributed by atoms with Gasteiger partial charge in [0.25, 0.3) is 0 Å². The molecule has 0 bridgehead atoms. The number of hydrogen-bond acceptors (Lipinski definition) is 2. The van der Waals surface area contributed by atoms with E-state index in [0.717, 1.165) is 17.0 Å². The Labute approximate surface area is 95.8 Å². The maximum atomic E-state index is 10.1. The number of rotatable bonds is 2. The number of aromatic nitrogens is 2. The van der Waals surface area contributed by atoms with E-state index >= 15 is 0 Å². The van der Waals surface area contributed by atoms with Crippen molar-refractivity contribution >= 4 is 5.65 Å². The molecule has 0 aliphatic heterocycles. The predicted octanol–water partition coefficient (Wildman–Crippen LogP) is 2.69. The molecule has 0 aliphatic rings. The lowest BCUT2D eigenvalue weighted by atomic mass is 9.98. The van der Waals surface area contributed by atoms with E-state index in [4.69, 9.17) is 0 Å². The van der Waals surface area contributed by atoms with Crippen molar-refractivity contribution in [1.82, 2.24) is 9.38 Å². The molecule has 0 aromatic carbocycles. The van der Waals surface area contributed by atoms with E-state index in [1.165, 1.54) is 0 Å². The number of nitrogens with zero attached hydrogens (tertiary/aromatic N) is 2. The normalized spacial score (nSPS) is 12.6. The van der Waals surface area contributed by atoms with Gasteiger partial charge < -0.3 is 9.51 Å². The molecule has 0 saturated carbocycles. The molecule has 0 fully saturated rings. The van der Waals surface area contributed by atoms with Gasteiger partial charge in [0.2, 0.25) is 0 Å². The number of pyridine rings is 1. The van der Waals surface area contributed by atoms with Gasteiger partial charge in [0.1, 0.15) is 11.2 Å². The van der Waals surface area contributed by atoms with Crippen LogP contribution in [-0.4, -0.2) is 14.5 Å². The first-order chi connectivity index (χ1) is 7.41. The van der Waals surface area contributed by atoms with Crippen LogP contribution in [0.3, 0.4) is 0 Å². The van der Waals surface area contributed by atoms with Gasteiger partial charge in [-0.3, -0.25) is 0 Å². The van der Waals surface area contributed by atoms with Crippen LogP contribution >= 0.6 is 0 Å². The zero-order chi connectivity index (χ0) is 11.9. The summed E-state index contributed by atoms with van der Waals surface area (Å²) in [4.78, 5) is 4.52. The first-order valence-corrected chi connectivity index (χ1v) is 5.61. The number of fused-ring (bicyclic) bond motifs is 1. The van der Waals surface area contributed by atoms with E-state index < -0.39 is 5.60 Å². The summed E-state index contributed by atoms with van der Waals surface area (Å²) in [6, 6.07) is 5.90. The summed E-state index contributed by atoms with van der Waals surface area (Å²) in [6.45, 7) is 7.79. The van der Waals surface area contributed by atoms with Crippen LogP contribution in [0.5, 0.6) is 0 Å². The van der Waals surface area contributed by atoms with E-state index in [0.29, 0.717) is 5.92 Å². The van der Waals surface area contributed by atoms with Crippen LogP contribution in [0.4, 0.5) is 0 Å². The molecular formula is C13H18N2O. The molecule has 0 aliphatic carbocycles. The highest BCUT2D eigenvalue weighted by atomic mass is 16.3. The highest BCUT2D eigenvalue weighted by molar-refractivity contribution is 5.45. The summed E-state index contributed by atoms with van der Waals surface area (Å²) in [5.74, 6) is 0.332. The molecular weight excluding hydrogens is 200 g/mol. The smallest absolute Gasteiger partial charge is 0.137 e. The fourth-order valence-corrected chi connectivity index (χ4v) is 2.02. The minimum atomic E-state index is -0.897. The van der Waals surface area contributed by atoms with Crippen LogP contribution in [0.2, 0.25) is 0 Å². The second-order valence-corrected chi connectivity index (χ2v) is 4.99. The molecule has 2 aromatic heterocycles. The molecule has 2 heterocycles. The van der Waals surface area contributed by atoms with Crippen LogP contribution in [0.15, 0.2) is 24.4 Å². The first-order valence-electron chi connectivity index (χ1n) is 5.61. The van der Waals surface area contributed by atoms with E-state index in [2.05, 4.69) is 23.2 Å². The molecule has 0 unspecified atom stereocenters. The molecule has 0 amide bonds. The van der Waals surface area contributed by atoms with Crippen molar-refractivity contribution in [1.29, 1.82) is 0 Å². The first kappa shape index (κ1) is 11.1. The number of hydrogen-bond donors (Lipinski definition) is 1. The average molecular weight is 218 g/mol. The second-order valence-electron chi connectivity index (χ2n) is 4.99. The van der Waals surface area contributed by atoms with Crippen molar-refractivity contribution in [2.75, 3.05) is 0 Å². The fraction of sp³-hybridized carbons (Fsp3) is 0.462. The van der Waals surface area contributed by atoms with Gasteiger partial charge in [-0.15, -0.1) is 0 Å². The molecule has 1 N–H and O–H groups in total. The molecule has 2 aromatic rings. The van der Waals surface area contributed by atoms with Gasteiger partial charge in [0.05, 0.1) is 11.4 Å². The zero-order valence-electron chi connectivity index (χ0n) is 10.2. The lowest BCUT2D eigenvalue weighted by molar-refractivity contribution is 0.0730. The molecule has 3 nitrogen and oxygen atoms in total. The van der Waals surface area contributed by atoms with Crippen LogP contribution in [0.25, 0.3) is 5.65 Å². The summed E-state index contributed by atoms with van der Waals surface area (Å²) in [6.07, 6.45) is 1.99. The molecule has 0 atom stereocenters. The average Bonchev–Trinajstić information content (AvgIpc) is 2.55. The van der Waals surface area contributed by atoms with Gasteiger partial charge in [-0.05, 0) is 31.9 Å². The lowest BCUT2D eigenvalue weighted by Gasteiger charge is -2.18. The van der Waals surface area contributed by atoms with Gasteiger partial charge in [-0.2, -0.15) is 0 Å². The quantitative estimate of drug-likeness (QED) is 0.841. The maximum Gasteiger partial charge on any atom is 0.137 e. The molecule has 0 radical (unpaired) electrons. The van der Waals surface area contributed by atoms with Crippen LogP contribution in [0.1, 0.15) is 45.0 Å². The Morgan fingerprint density at radius 3 is 2.56 bits per heavy atom. The molecule has 0 spiro atoms. The molecule has 2 rings (SSSR count). The van der Waals surface area contributed by atoms with Crippen LogP contribution in [-0.2, 0) is 5.60 Å². The monoisotopic (exact) mass is 218 g/mol. The molecule has 16 heavy (non-hydrogen) atoms. The summed E-state index contributed by atoms with van der Waals surface area (Å²) < 4.78 is 2.05. The fourth-order valence-electron chi connectivity index (χ4n) is 2.02. The topological polar surface area (TPSA) is 37.5 Å². The summed E-state index contributed by atoms with van der Waals surface area (Å²) in [5.41, 5.74) is 1.85. The minimum Gasteiger partial charge on any atom is -0.384 e. The maximum absolute atomic E-state index is 10.1. The Balaban J connectivity index is 2.78. The molecule has 3 heteroatoms. The molecule has 0 saturated heterocycles. The molecule has 86 valence electrons. The summed E-state index contributed by atoms with van der Waals surface area (Å²) in [7, 11) is 0. The third-order valence-electron chi connectivity index (χ3n) is 2.69. The Bertz CT molecular complexity index is 506. The predicted molar refractivity (Wildman–Crippen MR) is 64.5 cm³/mol. The van der Waals surface area contributed by atoms with E-state index in [-0.39, 0.29) is 0 Å².